The second kappa shape index (κ2) is 4.74. The maximum atomic E-state index is 4.88. The molecule has 40 valence electrons. The number of hydrogen-bond acceptors (Lipinski definition) is 3. The minimum atomic E-state index is 1.29. The van der Waals surface area contributed by atoms with Gasteiger partial charge in [0.1, 0.15) is 0 Å². The van der Waals surface area contributed by atoms with Crippen molar-refractivity contribution < 1.29 is 0 Å². The molecule has 0 saturated carbocycles. The lowest BCUT2D eigenvalue weighted by atomic mass is 11.0. The molecule has 0 spiro atoms. The Kier molecular flexibility index (Phi) is 3.89. The molecule has 5 N–H and O–H groups in total. The molecule has 0 aromatic heterocycles. The third kappa shape index (κ3) is 4.74. The van der Waals surface area contributed by atoms with Crippen LogP contribution >= 0.6 is 0 Å². The molecule has 0 heterocycles. The maximum absolute atomic E-state index is 4.88. The first-order chi connectivity index (χ1) is 3.41. The van der Waals surface area contributed by atoms with Gasteiger partial charge in [0.05, 0.1) is 0 Å². The van der Waals surface area contributed by atoms with Crippen LogP contribution in [0.15, 0.2) is 22.8 Å². The van der Waals surface area contributed by atoms with E-state index in [1.807, 2.05) is 0 Å². The highest BCUT2D eigenvalue weighted by atomic mass is 15.5. The average Bonchev–Trinajstić information content (AvgIpc) is 1.69. The molecule has 0 aromatic rings. The van der Waals surface area contributed by atoms with Gasteiger partial charge in [-0.25, -0.2) is 0 Å². The van der Waals surface area contributed by atoms with Crippen LogP contribution in [0.2, 0.25) is 0 Å². The van der Waals surface area contributed by atoms with E-state index >= 15 is 0 Å². The molecule has 0 saturated heterocycles. The first-order valence-electron chi connectivity index (χ1n) is 1.64. The Labute approximate surface area is 41.0 Å². The van der Waals surface area contributed by atoms with E-state index in [9.17, 15) is 0 Å². The summed E-state index contributed by atoms with van der Waals surface area (Å²) in [5, 5.41) is 6.03. The minimum Gasteiger partial charge on any atom is -0.403 e. The highest BCUT2D eigenvalue weighted by Gasteiger charge is 1.56. The van der Waals surface area contributed by atoms with Gasteiger partial charge in [-0.3, -0.25) is 5.43 Å². The van der Waals surface area contributed by atoms with E-state index in [0.29, 0.717) is 0 Å². The quantitative estimate of drug-likeness (QED) is 0.243. The third-order valence-corrected chi connectivity index (χ3v) is 0.286. The van der Waals surface area contributed by atoms with Crippen LogP contribution < -0.4 is 17.0 Å². The summed E-state index contributed by atoms with van der Waals surface area (Å²) in [7, 11) is 0. The number of rotatable bonds is 2. The van der Waals surface area contributed by atoms with Crippen molar-refractivity contribution in [2.75, 3.05) is 0 Å². The molecule has 0 aliphatic rings. The highest BCUT2D eigenvalue weighted by Crippen LogP contribution is 1.56. The van der Waals surface area contributed by atoms with Gasteiger partial charge in [-0.15, -0.1) is 0 Å². The fourth-order valence-electron chi connectivity index (χ4n) is 0.110. The molecule has 0 rings (SSSR count). The fraction of sp³-hybridized carbons (Fsp3) is 0. The fourth-order valence-corrected chi connectivity index (χ4v) is 0.110. The minimum absolute atomic E-state index is 1.29. The van der Waals surface area contributed by atoms with E-state index in [4.69, 9.17) is 5.73 Å². The molecule has 0 aliphatic heterocycles. The third-order valence-electron chi connectivity index (χ3n) is 0.286. The van der Waals surface area contributed by atoms with E-state index < -0.39 is 0 Å². The van der Waals surface area contributed by atoms with Crippen LogP contribution in [-0.4, -0.2) is 0 Å². The van der Waals surface area contributed by atoms with Gasteiger partial charge >= 0.3 is 0 Å². The van der Waals surface area contributed by atoms with Gasteiger partial charge in [-0.05, 0) is 0 Å². The summed E-state index contributed by atoms with van der Waals surface area (Å²) in [5.41, 5.74) is 7.20. The van der Waals surface area contributed by atoms with Crippen molar-refractivity contribution in [1.29, 1.82) is 0 Å². The van der Waals surface area contributed by atoms with Crippen molar-refractivity contribution >= 4 is 0 Å². The van der Waals surface area contributed by atoms with Crippen LogP contribution in [0.25, 0.3) is 0 Å². The van der Waals surface area contributed by atoms with E-state index in [1.165, 1.54) is 12.4 Å². The van der Waals surface area contributed by atoms with Crippen molar-refractivity contribution in [3.05, 3.63) is 12.4 Å². The molecule has 0 aliphatic carbocycles. The summed E-state index contributed by atoms with van der Waals surface area (Å²) < 4.78 is 0. The molecule has 0 bridgehead atoms. The normalized spacial score (nSPS) is 10.9. The van der Waals surface area contributed by atoms with Gasteiger partial charge < -0.3 is 11.6 Å². The highest BCUT2D eigenvalue weighted by molar-refractivity contribution is 4.68. The maximum Gasteiger partial charge on any atom is 0.0372 e. The van der Waals surface area contributed by atoms with Crippen molar-refractivity contribution in [2.24, 2.45) is 22.0 Å². The Balaban J connectivity index is 2.98. The lowest BCUT2D eigenvalue weighted by Crippen LogP contribution is -1.94. The first-order valence-corrected chi connectivity index (χ1v) is 1.64. The van der Waals surface area contributed by atoms with E-state index in [-0.39, 0.29) is 0 Å². The van der Waals surface area contributed by atoms with E-state index in [1.54, 1.807) is 0 Å². The molecule has 0 atom stereocenters. The van der Waals surface area contributed by atoms with Gasteiger partial charge in [0.2, 0.25) is 0 Å². The van der Waals surface area contributed by atoms with Crippen LogP contribution in [0.4, 0.5) is 0 Å². The molecule has 0 fully saturated rings. The predicted molar refractivity (Wildman–Crippen MR) is 25.5 cm³/mol. The molecular weight excluding hydrogens is 94.1 g/mol. The van der Waals surface area contributed by atoms with Crippen LogP contribution in [0.3, 0.4) is 0 Å². The lowest BCUT2D eigenvalue weighted by Gasteiger charge is -1.79. The van der Waals surface area contributed by atoms with Crippen molar-refractivity contribution in [3.8, 4) is 0 Å². The number of hydrogen-bond donors (Lipinski definition) is 3. The molecular formula is C2H7N5. The van der Waals surface area contributed by atoms with E-state index in [2.05, 4.69) is 21.7 Å². The summed E-state index contributed by atoms with van der Waals surface area (Å²) in [4.78, 5) is 0. The largest absolute Gasteiger partial charge is 0.403 e. The summed E-state index contributed by atoms with van der Waals surface area (Å²) in [6.45, 7) is 0. The van der Waals surface area contributed by atoms with Crippen LogP contribution in [0.1, 0.15) is 0 Å². The molecule has 7 heavy (non-hydrogen) atoms. The van der Waals surface area contributed by atoms with Crippen LogP contribution in [-0.2, 0) is 0 Å². The van der Waals surface area contributed by atoms with E-state index in [0.717, 1.165) is 0 Å². The van der Waals surface area contributed by atoms with Gasteiger partial charge in [0, 0.05) is 12.4 Å². The standard InChI is InChI=1S/C2H7N5/c3-1-2-5-7-6-4/h1-2H,3H2,(H2,4,7)(H,5,6)/b2-1-. The Bertz CT molecular complexity index is 64.1. The molecule has 0 aromatic carbocycles. The summed E-state index contributed by atoms with van der Waals surface area (Å²) in [6, 6.07) is 0. The molecule has 5 heteroatoms. The zero-order valence-corrected chi connectivity index (χ0v) is 3.70. The Hall–Kier alpha value is -1.26. The number of nitrogens with two attached hydrogens (primary N) is 2. The zero-order valence-electron chi connectivity index (χ0n) is 3.70. The van der Waals surface area contributed by atoms with Gasteiger partial charge in [-0.1, -0.05) is 10.4 Å². The molecule has 0 unspecified atom stereocenters. The smallest absolute Gasteiger partial charge is 0.0372 e. The van der Waals surface area contributed by atoms with Crippen LogP contribution in [0.5, 0.6) is 0 Å². The SMILES string of the molecule is N/C=C\N/N=N/N. The Morgan fingerprint density at radius 3 is 2.71 bits per heavy atom. The topological polar surface area (TPSA) is 88.8 Å². The summed E-state index contributed by atoms with van der Waals surface area (Å²) >= 11 is 0. The monoisotopic (exact) mass is 101 g/mol. The van der Waals surface area contributed by atoms with Gasteiger partial charge in [0.15, 0.2) is 0 Å². The Morgan fingerprint density at radius 1 is 1.57 bits per heavy atom. The van der Waals surface area contributed by atoms with Crippen molar-refractivity contribution in [1.82, 2.24) is 5.43 Å². The Morgan fingerprint density at radius 2 is 2.29 bits per heavy atom. The first kappa shape index (κ1) is 5.74. The second-order valence-electron chi connectivity index (χ2n) is 0.704. The average molecular weight is 101 g/mol. The molecule has 5 nitrogen and oxygen atoms in total. The molecule has 0 radical (unpaired) electrons. The van der Waals surface area contributed by atoms with Gasteiger partial charge in [0.25, 0.3) is 0 Å². The lowest BCUT2D eigenvalue weighted by molar-refractivity contribution is 0.821. The zero-order chi connectivity index (χ0) is 5.54. The van der Waals surface area contributed by atoms with Gasteiger partial charge in [-0.2, -0.15) is 0 Å². The van der Waals surface area contributed by atoms with Crippen molar-refractivity contribution in [2.45, 2.75) is 0 Å². The summed E-state index contributed by atoms with van der Waals surface area (Å²) in [6.07, 6.45) is 2.69. The second-order valence-corrected chi connectivity index (χ2v) is 0.704. The molecule has 0 amide bonds. The predicted octanol–water partition coefficient (Wildman–Crippen LogP) is -0.753. The summed E-state index contributed by atoms with van der Waals surface area (Å²) in [5.74, 6) is 4.59. The van der Waals surface area contributed by atoms with Crippen molar-refractivity contribution in [3.63, 3.8) is 0 Å². The number of nitrogens with one attached hydrogen (secondary N) is 1. The number of nitrogens with zero attached hydrogens (tertiary/aromatic N) is 2. The van der Waals surface area contributed by atoms with Crippen LogP contribution in [0, 0.1) is 0 Å².